The minimum Gasteiger partial charge on any atom is -0.297 e. The number of thiophene rings is 1. The van der Waals surface area contributed by atoms with Gasteiger partial charge in [0.05, 0.1) is 4.88 Å². The number of rotatable bonds is 2. The molecular formula is C5H3BF2OS. The van der Waals surface area contributed by atoms with Crippen LogP contribution in [0.15, 0.2) is 12.1 Å². The standard InChI is InChI=1S/C5H3BF2OS/c7-6(8)5-2-1-4(3-9)10-5/h1-3H. The summed E-state index contributed by atoms with van der Waals surface area (Å²) >= 11 is 0.823. The lowest BCUT2D eigenvalue weighted by Crippen LogP contribution is -2.14. The summed E-state index contributed by atoms with van der Waals surface area (Å²) in [6.07, 6.45) is 0.566. The summed E-state index contributed by atoms with van der Waals surface area (Å²) in [5.74, 6) is 0. The van der Waals surface area contributed by atoms with Gasteiger partial charge in [-0.15, -0.1) is 11.3 Å². The van der Waals surface area contributed by atoms with Crippen LogP contribution in [-0.2, 0) is 0 Å². The van der Waals surface area contributed by atoms with E-state index in [4.69, 9.17) is 0 Å². The molecule has 52 valence electrons. The Morgan fingerprint density at radius 1 is 1.50 bits per heavy atom. The van der Waals surface area contributed by atoms with Crippen LogP contribution in [0.25, 0.3) is 0 Å². The molecule has 0 saturated carbocycles. The van der Waals surface area contributed by atoms with Crippen molar-refractivity contribution in [1.29, 1.82) is 0 Å². The van der Waals surface area contributed by atoms with Gasteiger partial charge in [-0.25, -0.2) is 0 Å². The molecule has 1 aromatic rings. The Balaban J connectivity index is 2.88. The van der Waals surface area contributed by atoms with Crippen LogP contribution in [-0.4, -0.2) is 13.6 Å². The molecule has 5 heteroatoms. The average Bonchev–Trinajstić information content (AvgIpc) is 2.34. The van der Waals surface area contributed by atoms with Crippen molar-refractivity contribution in [2.45, 2.75) is 0 Å². The van der Waals surface area contributed by atoms with Gasteiger partial charge >= 0.3 is 7.27 Å². The smallest absolute Gasteiger partial charge is 0.297 e. The SMILES string of the molecule is O=Cc1ccc(B(F)F)s1. The largest absolute Gasteiger partial charge is 0.582 e. The lowest BCUT2D eigenvalue weighted by atomic mass is 9.97. The first kappa shape index (κ1) is 7.40. The van der Waals surface area contributed by atoms with Crippen molar-refractivity contribution in [3.8, 4) is 0 Å². The first-order chi connectivity index (χ1) is 4.74. The van der Waals surface area contributed by atoms with Crippen molar-refractivity contribution in [2.24, 2.45) is 0 Å². The van der Waals surface area contributed by atoms with E-state index < -0.39 is 7.27 Å². The first-order valence-electron chi connectivity index (χ1n) is 2.57. The molecule has 0 saturated heterocycles. The molecule has 0 aliphatic rings. The topological polar surface area (TPSA) is 17.1 Å². The highest BCUT2D eigenvalue weighted by molar-refractivity contribution is 7.23. The molecule has 0 radical (unpaired) electrons. The third-order valence-corrected chi connectivity index (χ3v) is 2.00. The van der Waals surface area contributed by atoms with E-state index in [0.717, 1.165) is 11.3 Å². The van der Waals surface area contributed by atoms with Gasteiger partial charge < -0.3 is 0 Å². The maximum atomic E-state index is 11.8. The fraction of sp³-hybridized carbons (Fsp3) is 0. The van der Waals surface area contributed by atoms with Crippen molar-refractivity contribution in [3.05, 3.63) is 17.0 Å². The zero-order valence-corrected chi connectivity index (χ0v) is 5.70. The Morgan fingerprint density at radius 3 is 2.50 bits per heavy atom. The fourth-order valence-electron chi connectivity index (χ4n) is 0.549. The van der Waals surface area contributed by atoms with Gasteiger partial charge in [-0.05, 0) is 6.07 Å². The second kappa shape index (κ2) is 2.92. The summed E-state index contributed by atoms with van der Waals surface area (Å²) < 4.78 is 23.6. The van der Waals surface area contributed by atoms with Crippen molar-refractivity contribution in [3.63, 3.8) is 0 Å². The minimum atomic E-state index is -2.46. The molecule has 0 bridgehead atoms. The number of hydrogen-bond donors (Lipinski definition) is 0. The molecular weight excluding hydrogens is 157 g/mol. The Morgan fingerprint density at radius 2 is 2.20 bits per heavy atom. The number of carbonyl (C=O) groups excluding carboxylic acids is 1. The molecule has 1 aromatic heterocycles. The Hall–Kier alpha value is -0.705. The second-order valence-corrected chi connectivity index (χ2v) is 2.81. The molecule has 0 amide bonds. The van der Waals surface area contributed by atoms with Gasteiger partial charge in [0.15, 0.2) is 6.29 Å². The highest BCUT2D eigenvalue weighted by Crippen LogP contribution is 2.05. The summed E-state index contributed by atoms with van der Waals surface area (Å²) in [5, 5.41) is 0. The van der Waals surface area contributed by atoms with E-state index in [9.17, 15) is 13.4 Å². The fourth-order valence-corrected chi connectivity index (χ4v) is 1.23. The molecule has 0 unspecified atom stereocenters. The van der Waals surface area contributed by atoms with Crippen LogP contribution < -0.4 is 4.78 Å². The van der Waals surface area contributed by atoms with Crippen LogP contribution in [0.2, 0.25) is 0 Å². The van der Waals surface area contributed by atoms with E-state index >= 15 is 0 Å². The van der Waals surface area contributed by atoms with Crippen LogP contribution in [0.3, 0.4) is 0 Å². The number of carbonyl (C=O) groups is 1. The maximum Gasteiger partial charge on any atom is 0.582 e. The van der Waals surface area contributed by atoms with E-state index in [0.29, 0.717) is 11.2 Å². The van der Waals surface area contributed by atoms with Crippen LogP contribution in [0, 0.1) is 0 Å². The van der Waals surface area contributed by atoms with E-state index in [2.05, 4.69) is 0 Å². The molecule has 0 aromatic carbocycles. The number of aldehydes is 1. The summed E-state index contributed by atoms with van der Waals surface area (Å²) in [6.45, 7) is 0. The molecule has 1 rings (SSSR count). The summed E-state index contributed by atoms with van der Waals surface area (Å²) in [6, 6.07) is 2.65. The predicted molar refractivity (Wildman–Crippen MR) is 37.3 cm³/mol. The number of hydrogen-bond acceptors (Lipinski definition) is 2. The van der Waals surface area contributed by atoms with Crippen LogP contribution >= 0.6 is 11.3 Å². The highest BCUT2D eigenvalue weighted by Gasteiger charge is 2.17. The van der Waals surface area contributed by atoms with Gasteiger partial charge in [0.2, 0.25) is 0 Å². The summed E-state index contributed by atoms with van der Waals surface area (Å²) in [7, 11) is -2.46. The molecule has 0 atom stereocenters. The van der Waals surface area contributed by atoms with Gasteiger partial charge in [-0.1, -0.05) is 6.07 Å². The Kier molecular flexibility index (Phi) is 2.16. The molecule has 10 heavy (non-hydrogen) atoms. The monoisotopic (exact) mass is 160 g/mol. The lowest BCUT2D eigenvalue weighted by molar-refractivity contribution is 0.112. The number of halogens is 2. The van der Waals surface area contributed by atoms with Crippen molar-refractivity contribution in [1.82, 2.24) is 0 Å². The molecule has 0 aliphatic heterocycles. The lowest BCUT2D eigenvalue weighted by Gasteiger charge is -1.82. The van der Waals surface area contributed by atoms with Crippen LogP contribution in [0.4, 0.5) is 8.63 Å². The van der Waals surface area contributed by atoms with Crippen LogP contribution in [0.5, 0.6) is 0 Å². The highest BCUT2D eigenvalue weighted by atomic mass is 32.1. The van der Waals surface area contributed by atoms with E-state index in [1.165, 1.54) is 12.1 Å². The molecule has 0 aliphatic carbocycles. The molecule has 0 N–H and O–H groups in total. The Bertz CT molecular complexity index is 235. The summed E-state index contributed by atoms with van der Waals surface area (Å²) in [4.78, 5) is 10.4. The van der Waals surface area contributed by atoms with Crippen molar-refractivity contribution in [2.75, 3.05) is 0 Å². The van der Waals surface area contributed by atoms with Crippen molar-refractivity contribution >= 4 is 29.7 Å². The van der Waals surface area contributed by atoms with Gasteiger partial charge in [0, 0.05) is 4.78 Å². The quantitative estimate of drug-likeness (QED) is 0.469. The predicted octanol–water partition coefficient (Wildman–Crippen LogP) is 1.19. The van der Waals surface area contributed by atoms with Gasteiger partial charge in [-0.2, -0.15) is 0 Å². The molecule has 1 heterocycles. The van der Waals surface area contributed by atoms with Gasteiger partial charge in [0.25, 0.3) is 0 Å². The maximum absolute atomic E-state index is 11.8. The van der Waals surface area contributed by atoms with Crippen LogP contribution in [0.1, 0.15) is 9.67 Å². The first-order valence-corrected chi connectivity index (χ1v) is 3.38. The van der Waals surface area contributed by atoms with Gasteiger partial charge in [0.1, 0.15) is 0 Å². The third kappa shape index (κ3) is 1.41. The zero-order chi connectivity index (χ0) is 7.56. The summed E-state index contributed by atoms with van der Waals surface area (Å²) in [5.41, 5.74) is 0. The average molecular weight is 160 g/mol. The van der Waals surface area contributed by atoms with Gasteiger partial charge in [-0.3, -0.25) is 13.4 Å². The molecule has 0 spiro atoms. The Labute approximate surface area is 60.9 Å². The normalized spacial score (nSPS) is 9.40. The van der Waals surface area contributed by atoms with E-state index in [1.807, 2.05) is 0 Å². The molecule has 0 fully saturated rings. The van der Waals surface area contributed by atoms with E-state index in [1.54, 1.807) is 0 Å². The van der Waals surface area contributed by atoms with Crippen molar-refractivity contribution < 1.29 is 13.4 Å². The minimum absolute atomic E-state index is 0.0536. The molecule has 1 nitrogen and oxygen atoms in total. The zero-order valence-electron chi connectivity index (χ0n) is 4.88. The third-order valence-electron chi connectivity index (χ3n) is 0.979. The van der Waals surface area contributed by atoms with E-state index in [-0.39, 0.29) is 4.78 Å². The second-order valence-electron chi connectivity index (χ2n) is 1.66.